The number of rotatable bonds is 4. The van der Waals surface area contributed by atoms with Gasteiger partial charge in [0.15, 0.2) is 5.82 Å². The summed E-state index contributed by atoms with van der Waals surface area (Å²) in [6.45, 7) is 4.16. The third kappa shape index (κ3) is 4.00. The number of aromatic nitrogens is 3. The highest BCUT2D eigenvalue weighted by atomic mass is 32.1. The number of halogens is 1. The van der Waals surface area contributed by atoms with Gasteiger partial charge in [0.1, 0.15) is 11.0 Å². The zero-order valence-electron chi connectivity index (χ0n) is 19.8. The number of ether oxygens (including phenoxy) is 1. The highest BCUT2D eigenvalue weighted by molar-refractivity contribution is 7.21. The van der Waals surface area contributed by atoms with E-state index in [1.807, 2.05) is 12.1 Å². The summed E-state index contributed by atoms with van der Waals surface area (Å²) in [4.78, 5) is 22.9. The van der Waals surface area contributed by atoms with Crippen LogP contribution in [0.25, 0.3) is 21.1 Å². The largest absolute Gasteiger partial charge is 0.473 e. The Morgan fingerprint density at radius 2 is 2.09 bits per heavy atom. The van der Waals surface area contributed by atoms with Crippen molar-refractivity contribution in [3.05, 3.63) is 41.8 Å². The van der Waals surface area contributed by atoms with Crippen LogP contribution in [0, 0.1) is 5.82 Å². The summed E-state index contributed by atoms with van der Waals surface area (Å²) >= 11 is 1.45. The molecule has 4 heterocycles. The van der Waals surface area contributed by atoms with Crippen LogP contribution in [-0.4, -0.2) is 64.9 Å². The Balaban J connectivity index is 1.33. The summed E-state index contributed by atoms with van der Waals surface area (Å²) in [6.07, 6.45) is 5.51. The number of nitrogens with one attached hydrogen (secondary N) is 1. The minimum atomic E-state index is -0.476. The van der Waals surface area contributed by atoms with Gasteiger partial charge >= 0.3 is 0 Å². The number of nitrogens with zero attached hydrogens (tertiary/aromatic N) is 5. The Bertz CT molecular complexity index is 1430. The Kier molecular flexibility index (Phi) is 5.57. The first-order valence-electron chi connectivity index (χ1n) is 11.9. The molecule has 2 aliphatic heterocycles. The van der Waals surface area contributed by atoms with Crippen molar-refractivity contribution in [1.82, 2.24) is 19.7 Å². The monoisotopic (exact) mass is 494 g/mol. The normalized spacial score (nSPS) is 18.7. The Morgan fingerprint density at radius 1 is 1.20 bits per heavy atom. The van der Waals surface area contributed by atoms with E-state index in [-0.39, 0.29) is 11.4 Å². The molecule has 0 bridgehead atoms. The lowest BCUT2D eigenvalue weighted by atomic mass is 9.99. The molecule has 0 aliphatic carbocycles. The van der Waals surface area contributed by atoms with E-state index in [0.717, 1.165) is 30.0 Å². The quantitative estimate of drug-likeness (QED) is 0.457. The van der Waals surface area contributed by atoms with Crippen LogP contribution in [0.5, 0.6) is 5.19 Å². The topological polar surface area (TPSA) is 75.5 Å². The van der Waals surface area contributed by atoms with E-state index in [9.17, 15) is 9.18 Å². The fraction of sp³-hybridized carbons (Fsp3) is 0.400. The number of carbonyl (C=O) groups excluding carboxylic acids is 1. The summed E-state index contributed by atoms with van der Waals surface area (Å²) in [5, 5.41) is 8.11. The zero-order chi connectivity index (χ0) is 24.1. The second-order valence-electron chi connectivity index (χ2n) is 9.28. The minimum Gasteiger partial charge on any atom is -0.473 e. The Morgan fingerprint density at radius 3 is 2.94 bits per heavy atom. The van der Waals surface area contributed by atoms with Gasteiger partial charge < -0.3 is 15.0 Å². The van der Waals surface area contributed by atoms with Crippen LogP contribution in [0.2, 0.25) is 0 Å². The van der Waals surface area contributed by atoms with Gasteiger partial charge in [0.25, 0.3) is 11.1 Å². The molecular weight excluding hydrogens is 467 g/mol. The van der Waals surface area contributed by atoms with Gasteiger partial charge in [-0.1, -0.05) is 17.8 Å². The van der Waals surface area contributed by atoms with E-state index in [2.05, 4.69) is 25.2 Å². The molecule has 2 aliphatic rings. The summed E-state index contributed by atoms with van der Waals surface area (Å²) in [5.41, 5.74) is 2.79. The van der Waals surface area contributed by atoms with Crippen molar-refractivity contribution in [2.45, 2.75) is 25.3 Å². The second-order valence-corrected chi connectivity index (χ2v) is 10.2. The lowest BCUT2D eigenvalue weighted by molar-refractivity contribution is 0.102. The van der Waals surface area contributed by atoms with Crippen molar-refractivity contribution in [1.29, 1.82) is 0 Å². The molecular formula is C25H27FN6O2S. The first kappa shape index (κ1) is 22.2. The predicted molar refractivity (Wildman–Crippen MR) is 136 cm³/mol. The number of amides is 1. The van der Waals surface area contributed by atoms with Crippen LogP contribution >= 0.6 is 11.3 Å². The average Bonchev–Trinajstić information content (AvgIpc) is 3.46. The van der Waals surface area contributed by atoms with Gasteiger partial charge in [0, 0.05) is 50.0 Å². The summed E-state index contributed by atoms with van der Waals surface area (Å²) in [6, 6.07) is 7.42. The first-order chi connectivity index (χ1) is 17.0. The molecule has 2 aromatic carbocycles. The maximum Gasteiger partial charge on any atom is 0.274 e. The number of piperidine rings is 1. The predicted octanol–water partition coefficient (Wildman–Crippen LogP) is 4.26. The second kappa shape index (κ2) is 8.76. The molecule has 0 radical (unpaired) electrons. The van der Waals surface area contributed by atoms with Gasteiger partial charge in [-0.3, -0.25) is 14.4 Å². The number of hydrogen-bond acceptors (Lipinski definition) is 7. The van der Waals surface area contributed by atoms with Crippen LogP contribution in [-0.2, 0) is 7.05 Å². The van der Waals surface area contributed by atoms with Gasteiger partial charge in [-0.2, -0.15) is 5.10 Å². The van der Waals surface area contributed by atoms with E-state index >= 15 is 0 Å². The molecule has 6 rings (SSSR count). The van der Waals surface area contributed by atoms with E-state index in [1.165, 1.54) is 43.2 Å². The number of thiazole rings is 1. The molecule has 2 saturated heterocycles. The van der Waals surface area contributed by atoms with E-state index < -0.39 is 5.82 Å². The van der Waals surface area contributed by atoms with Crippen molar-refractivity contribution < 1.29 is 13.9 Å². The third-order valence-corrected chi connectivity index (χ3v) is 8.07. The number of benzene rings is 2. The van der Waals surface area contributed by atoms with Crippen molar-refractivity contribution in [3.8, 4) is 5.19 Å². The third-order valence-electron chi connectivity index (χ3n) is 7.03. The number of hydrogen-bond donors (Lipinski definition) is 1. The molecule has 2 fully saturated rings. The average molecular weight is 495 g/mol. The van der Waals surface area contributed by atoms with E-state index in [1.54, 1.807) is 31.1 Å². The number of methoxy groups -OCH3 is 1. The maximum atomic E-state index is 14.5. The standard InChI is InChI=1S/C25H27FN6O2S/c1-30-13-15-11-16(12-19(26)21(15)29-30)27-24(33)18-6-7-20(23-22(18)28-25(34-2)35-23)32-10-9-31-8-4-3-5-17(31)14-32/h6-7,11-13,17H,3-5,8-10,14H2,1-2H3,(H,27,33)/t17-/m0/s1. The smallest absolute Gasteiger partial charge is 0.274 e. The molecule has 2 aromatic heterocycles. The molecule has 0 unspecified atom stereocenters. The fourth-order valence-electron chi connectivity index (χ4n) is 5.35. The number of aryl methyl sites for hydroxylation is 1. The Hall–Kier alpha value is -3.24. The molecule has 8 nitrogen and oxygen atoms in total. The number of carbonyl (C=O) groups is 1. The van der Waals surface area contributed by atoms with Gasteiger partial charge in [-0.25, -0.2) is 9.37 Å². The van der Waals surface area contributed by atoms with Crippen molar-refractivity contribution >= 4 is 49.7 Å². The van der Waals surface area contributed by atoms with Crippen LogP contribution in [0.15, 0.2) is 30.5 Å². The highest BCUT2D eigenvalue weighted by Gasteiger charge is 2.30. The molecule has 182 valence electrons. The van der Waals surface area contributed by atoms with Gasteiger partial charge in [0.2, 0.25) is 0 Å². The molecule has 1 amide bonds. The highest BCUT2D eigenvalue weighted by Crippen LogP contribution is 2.39. The minimum absolute atomic E-state index is 0.277. The van der Waals surface area contributed by atoms with Crippen molar-refractivity contribution in [2.75, 3.05) is 43.5 Å². The van der Waals surface area contributed by atoms with Crippen LogP contribution < -0.4 is 15.0 Å². The lowest BCUT2D eigenvalue weighted by Gasteiger charge is -2.45. The number of fused-ring (bicyclic) bond motifs is 3. The molecule has 1 atom stereocenters. The lowest BCUT2D eigenvalue weighted by Crippen LogP contribution is -2.54. The first-order valence-corrected chi connectivity index (χ1v) is 12.7. The van der Waals surface area contributed by atoms with E-state index in [4.69, 9.17) is 4.74 Å². The van der Waals surface area contributed by atoms with Gasteiger partial charge in [-0.05, 0) is 43.7 Å². The van der Waals surface area contributed by atoms with E-state index in [0.29, 0.717) is 33.4 Å². The molecule has 10 heteroatoms. The van der Waals surface area contributed by atoms with Crippen molar-refractivity contribution in [2.24, 2.45) is 7.05 Å². The Labute approximate surface area is 206 Å². The van der Waals surface area contributed by atoms with Crippen molar-refractivity contribution in [3.63, 3.8) is 0 Å². The van der Waals surface area contributed by atoms with Gasteiger partial charge in [-0.15, -0.1) is 0 Å². The van der Waals surface area contributed by atoms with Crippen LogP contribution in [0.3, 0.4) is 0 Å². The molecule has 0 saturated carbocycles. The summed E-state index contributed by atoms with van der Waals surface area (Å²) in [5.74, 6) is -0.815. The zero-order valence-corrected chi connectivity index (χ0v) is 20.6. The number of piperazine rings is 1. The molecule has 0 spiro atoms. The van der Waals surface area contributed by atoms with Crippen LogP contribution in [0.1, 0.15) is 29.6 Å². The summed E-state index contributed by atoms with van der Waals surface area (Å²) < 4.78 is 22.5. The number of anilines is 2. The molecule has 4 aromatic rings. The summed E-state index contributed by atoms with van der Waals surface area (Å²) in [7, 11) is 3.32. The molecule has 1 N–H and O–H groups in total. The SMILES string of the molecule is COc1nc2c(C(=O)Nc3cc(F)c4nn(C)cc4c3)ccc(N3CCN4CCCC[C@H]4C3)c2s1. The van der Waals surface area contributed by atoms with Gasteiger partial charge in [0.05, 0.1) is 23.1 Å². The van der Waals surface area contributed by atoms with Crippen LogP contribution in [0.4, 0.5) is 15.8 Å². The molecule has 35 heavy (non-hydrogen) atoms. The maximum absolute atomic E-state index is 14.5. The fourth-order valence-corrected chi connectivity index (χ4v) is 6.30.